The number of hydrogen-bond donors (Lipinski definition) is 4. The Morgan fingerprint density at radius 3 is 2.78 bits per heavy atom. The fourth-order valence-electron chi connectivity index (χ4n) is 4.70. The predicted molar refractivity (Wildman–Crippen MR) is 170 cm³/mol. The van der Waals surface area contributed by atoms with Crippen molar-refractivity contribution in [3.8, 4) is 0 Å². The third-order valence-corrected chi connectivity index (χ3v) is 9.83. The molecular weight excluding hydrogens is 713 g/mol. The van der Waals surface area contributed by atoms with Crippen molar-refractivity contribution in [1.29, 1.82) is 0 Å². The number of aromatic nitrogens is 8. The molecule has 5 heterocycles. The molecule has 49 heavy (non-hydrogen) atoms. The average molecular weight is 744 g/mol. The molecule has 1 amide bonds. The number of alkyl halides is 1. The molecule has 20 nitrogen and oxygen atoms in total. The molecule has 1 aliphatic heterocycles. The molecule has 4 N–H and O–H groups in total. The van der Waals surface area contributed by atoms with Gasteiger partial charge in [0.2, 0.25) is 18.4 Å². The standard InChI is InChI=1S/C25H29FN10O10P2S/c1-13(2)22(38)33-25-32-21-18(23(39)34-25)30-12-36(21)24-19(46-47(40)41)17(26)15(45-24)10-44-48(49,42-6-4-27-3)43-7-5-35-16(9-37)31-14-8-28-11-29-20(14)35/h8,11-13,15,17,19,24,37H,4-7,9-10H2,1-2H3,(H2-,32,33,34,38,39,40,41)/p+1/t15-,17-,19-,24-,48?/m1/s1. The van der Waals surface area contributed by atoms with Crippen molar-refractivity contribution in [2.45, 2.75) is 51.6 Å². The van der Waals surface area contributed by atoms with Crippen LogP contribution in [0, 0.1) is 12.5 Å². The Morgan fingerprint density at radius 1 is 1.29 bits per heavy atom. The number of rotatable bonds is 16. The second-order valence-electron chi connectivity index (χ2n) is 10.6. The number of aliphatic hydroxyl groups is 1. The van der Waals surface area contributed by atoms with Crippen LogP contribution in [-0.2, 0) is 57.1 Å². The van der Waals surface area contributed by atoms with E-state index in [1.165, 1.54) is 12.5 Å². The van der Waals surface area contributed by atoms with E-state index in [2.05, 4.69) is 40.1 Å². The van der Waals surface area contributed by atoms with Crippen LogP contribution in [-0.4, -0.2) is 99.7 Å². The van der Waals surface area contributed by atoms with Gasteiger partial charge in [-0.05, 0) is 11.8 Å². The molecule has 1 saturated heterocycles. The van der Waals surface area contributed by atoms with Gasteiger partial charge in [-0.2, -0.15) is 4.98 Å². The Bertz CT molecular complexity index is 1990. The van der Waals surface area contributed by atoms with Crippen molar-refractivity contribution in [2.24, 2.45) is 5.92 Å². The number of ether oxygens (including phenoxy) is 1. The molecule has 6 atom stereocenters. The number of hydrogen-bond acceptors (Lipinski definition) is 15. The van der Waals surface area contributed by atoms with Crippen LogP contribution in [0.15, 0.2) is 23.6 Å². The molecule has 4 aromatic rings. The fraction of sp³-hybridized carbons (Fsp3) is 0.520. The van der Waals surface area contributed by atoms with Crippen molar-refractivity contribution in [3.05, 3.63) is 46.4 Å². The molecular formula is C25H30FN10O10P2S+. The summed E-state index contributed by atoms with van der Waals surface area (Å²) in [5, 5.41) is 12.2. The summed E-state index contributed by atoms with van der Waals surface area (Å²) in [6, 6.07) is 0. The lowest BCUT2D eigenvalue weighted by Gasteiger charge is -2.23. The zero-order chi connectivity index (χ0) is 35.3. The first-order valence-corrected chi connectivity index (χ1v) is 18.2. The molecule has 5 rings (SSSR count). The summed E-state index contributed by atoms with van der Waals surface area (Å²) in [6.07, 6.45) is -2.87. The number of nitrogens with zero attached hydrogens (tertiary/aromatic N) is 8. The number of carbonyl (C=O) groups excluding carboxylic acids is 1. The average Bonchev–Trinajstić information content (AvgIpc) is 3.74. The summed E-state index contributed by atoms with van der Waals surface area (Å²) in [7, 11) is -3.33. The van der Waals surface area contributed by atoms with E-state index < -0.39 is 70.2 Å². The third-order valence-electron chi connectivity index (χ3n) is 6.99. The van der Waals surface area contributed by atoms with Gasteiger partial charge in [0.25, 0.3) is 5.56 Å². The van der Waals surface area contributed by atoms with E-state index in [1.54, 1.807) is 18.4 Å². The van der Waals surface area contributed by atoms with Crippen molar-refractivity contribution in [2.75, 3.05) is 31.7 Å². The van der Waals surface area contributed by atoms with Crippen molar-refractivity contribution < 1.29 is 46.6 Å². The summed E-state index contributed by atoms with van der Waals surface area (Å²) in [5.41, 5.74) is -0.172. The van der Waals surface area contributed by atoms with Gasteiger partial charge in [0.1, 0.15) is 37.0 Å². The summed E-state index contributed by atoms with van der Waals surface area (Å²) in [5.74, 6) is -0.806. The Balaban J connectivity index is 1.35. The van der Waals surface area contributed by atoms with Gasteiger partial charge in [-0.3, -0.25) is 24.5 Å². The van der Waals surface area contributed by atoms with Crippen molar-refractivity contribution in [1.82, 2.24) is 39.0 Å². The lowest BCUT2D eigenvalue weighted by Crippen LogP contribution is -2.31. The van der Waals surface area contributed by atoms with Gasteiger partial charge >= 0.3 is 15.0 Å². The highest BCUT2D eigenvalue weighted by Gasteiger charge is 2.52. The quantitative estimate of drug-likeness (QED) is 0.0722. The number of fused-ring (bicyclic) bond motifs is 2. The van der Waals surface area contributed by atoms with Gasteiger partial charge in [0, 0.05) is 17.0 Å². The monoisotopic (exact) mass is 743 g/mol. The van der Waals surface area contributed by atoms with Gasteiger partial charge in [-0.1, -0.05) is 13.8 Å². The van der Waals surface area contributed by atoms with Crippen molar-refractivity contribution >= 4 is 61.0 Å². The molecule has 0 radical (unpaired) electrons. The predicted octanol–water partition coefficient (Wildman–Crippen LogP) is 1.51. The van der Waals surface area contributed by atoms with Gasteiger partial charge < -0.3 is 32.8 Å². The van der Waals surface area contributed by atoms with E-state index in [0.29, 0.717) is 17.0 Å². The number of nitrogens with one attached hydrogen (secondary N) is 2. The van der Waals surface area contributed by atoms with E-state index in [4.69, 9.17) is 41.2 Å². The smallest absolute Gasteiger partial charge is 0.388 e. The normalized spacial score (nSPS) is 20.9. The Kier molecular flexibility index (Phi) is 11.8. The lowest BCUT2D eigenvalue weighted by molar-refractivity contribution is -0.118. The van der Waals surface area contributed by atoms with E-state index in [0.717, 1.165) is 10.9 Å². The minimum absolute atomic E-state index is 0.0739. The Labute approximate surface area is 282 Å². The maximum absolute atomic E-state index is 15.9. The number of halogens is 1. The number of amides is 1. The van der Waals surface area contributed by atoms with Gasteiger partial charge in [-0.15, -0.1) is 9.42 Å². The van der Waals surface area contributed by atoms with Crippen LogP contribution >= 0.6 is 15.0 Å². The first kappa shape index (κ1) is 36.5. The van der Waals surface area contributed by atoms with E-state index in [-0.39, 0.29) is 43.4 Å². The first-order chi connectivity index (χ1) is 23.4. The maximum Gasteiger partial charge on any atom is 0.695 e. The van der Waals surface area contributed by atoms with Crippen molar-refractivity contribution in [3.63, 3.8) is 0 Å². The number of imidazole rings is 2. The highest BCUT2D eigenvalue weighted by atomic mass is 32.5. The highest BCUT2D eigenvalue weighted by molar-refractivity contribution is 8.07. The lowest BCUT2D eigenvalue weighted by atomic mass is 10.1. The zero-order valence-corrected chi connectivity index (χ0v) is 28.4. The molecule has 1 aliphatic rings. The second kappa shape index (κ2) is 15.9. The topological polar surface area (TPSA) is 244 Å². The molecule has 0 aliphatic carbocycles. The van der Waals surface area contributed by atoms with E-state index in [1.807, 2.05) is 0 Å². The zero-order valence-electron chi connectivity index (χ0n) is 25.8. The molecule has 24 heteroatoms. The van der Waals surface area contributed by atoms with Crippen LogP contribution in [0.2, 0.25) is 0 Å². The second-order valence-corrected chi connectivity index (χ2v) is 14.3. The van der Waals surface area contributed by atoms with Gasteiger partial charge in [0.15, 0.2) is 35.3 Å². The summed E-state index contributed by atoms with van der Waals surface area (Å²) in [4.78, 5) is 60.7. The number of aliphatic hydroxyl groups excluding tert-OH is 1. The van der Waals surface area contributed by atoms with Gasteiger partial charge in [0.05, 0.1) is 25.7 Å². The molecule has 0 spiro atoms. The largest absolute Gasteiger partial charge is 0.695 e. The van der Waals surface area contributed by atoms with Crippen LogP contribution in [0.5, 0.6) is 0 Å². The molecule has 0 bridgehead atoms. The SMILES string of the molecule is [C-]#[N+]CCOP(=S)(OCCn1c(CO)nc2cncnc21)OC[C@H]1O[C@@H](n2cnc3c(=O)[nH]c(NC(=O)C(C)C)nc32)[C@H](O[P+](=O)O)[C@@H]1F. The minimum Gasteiger partial charge on any atom is -0.388 e. The van der Waals surface area contributed by atoms with Gasteiger partial charge in [-0.25, -0.2) is 30.9 Å². The minimum atomic E-state index is -3.68. The highest BCUT2D eigenvalue weighted by Crippen LogP contribution is 2.51. The van der Waals surface area contributed by atoms with Crippen LogP contribution in [0.4, 0.5) is 10.3 Å². The van der Waals surface area contributed by atoms with Crippen LogP contribution in [0.25, 0.3) is 27.2 Å². The molecule has 4 aromatic heterocycles. The summed E-state index contributed by atoms with van der Waals surface area (Å²) in [6.45, 7) is 5.39. The van der Waals surface area contributed by atoms with E-state index in [9.17, 15) is 24.2 Å². The molecule has 0 aromatic carbocycles. The molecule has 262 valence electrons. The molecule has 0 saturated carbocycles. The number of aromatic amines is 1. The summed E-state index contributed by atoms with van der Waals surface area (Å²) < 4.78 is 58.4. The summed E-state index contributed by atoms with van der Waals surface area (Å²) >= 11 is 5.54. The Hall–Kier alpha value is -3.74. The van der Waals surface area contributed by atoms with Crippen LogP contribution in [0.1, 0.15) is 25.9 Å². The maximum atomic E-state index is 15.9. The number of H-pyrrole nitrogens is 1. The third kappa shape index (κ3) is 8.36. The van der Waals surface area contributed by atoms with Crippen LogP contribution in [0.3, 0.4) is 0 Å². The Morgan fingerprint density at radius 2 is 2.06 bits per heavy atom. The first-order valence-electron chi connectivity index (χ1n) is 14.5. The fourth-order valence-corrected chi connectivity index (χ4v) is 6.92. The van der Waals surface area contributed by atoms with E-state index >= 15 is 4.39 Å². The number of anilines is 1. The molecule has 1 fully saturated rings. The number of carbonyl (C=O) groups is 1. The van der Waals surface area contributed by atoms with Crippen LogP contribution < -0.4 is 10.9 Å². The molecule has 2 unspecified atom stereocenters.